The highest BCUT2D eigenvalue weighted by molar-refractivity contribution is 5.68. The average Bonchev–Trinajstić information content (AvgIpc) is 2.75. The molecule has 1 amide bonds. The van der Waals surface area contributed by atoms with Crippen LogP contribution in [0.5, 0.6) is 0 Å². The zero-order chi connectivity index (χ0) is 13.9. The van der Waals surface area contributed by atoms with Crippen LogP contribution in [0.4, 0.5) is 4.79 Å². The van der Waals surface area contributed by atoms with Crippen LogP contribution >= 0.6 is 0 Å². The molecule has 110 valence electrons. The fraction of sp³-hybridized carbons (Fsp3) is 0.933. The first-order valence-corrected chi connectivity index (χ1v) is 7.66. The van der Waals surface area contributed by atoms with E-state index in [0.29, 0.717) is 5.92 Å². The molecule has 4 nitrogen and oxygen atoms in total. The average molecular weight is 268 g/mol. The van der Waals surface area contributed by atoms with E-state index in [0.717, 1.165) is 19.0 Å². The van der Waals surface area contributed by atoms with E-state index in [2.05, 4.69) is 10.6 Å². The van der Waals surface area contributed by atoms with Crippen LogP contribution in [0.15, 0.2) is 0 Å². The molecule has 0 spiro atoms. The fourth-order valence-electron chi connectivity index (χ4n) is 3.37. The van der Waals surface area contributed by atoms with Crippen molar-refractivity contribution in [3.8, 4) is 0 Å². The maximum absolute atomic E-state index is 11.9. The Bertz CT molecular complexity index is 306. The van der Waals surface area contributed by atoms with Gasteiger partial charge in [0.1, 0.15) is 5.60 Å². The van der Waals surface area contributed by atoms with Crippen molar-refractivity contribution in [1.82, 2.24) is 10.6 Å². The molecule has 2 rings (SSSR count). The van der Waals surface area contributed by atoms with Gasteiger partial charge in [-0.2, -0.15) is 0 Å². The number of hydrogen-bond donors (Lipinski definition) is 2. The highest BCUT2D eigenvalue weighted by Gasteiger charge is 2.35. The van der Waals surface area contributed by atoms with Gasteiger partial charge in [-0.25, -0.2) is 4.79 Å². The molecule has 1 heterocycles. The summed E-state index contributed by atoms with van der Waals surface area (Å²) in [7, 11) is 0. The first-order chi connectivity index (χ1) is 8.96. The lowest BCUT2D eigenvalue weighted by atomic mass is 9.78. The number of nitrogens with one attached hydrogen (secondary N) is 2. The van der Waals surface area contributed by atoms with Crippen molar-refractivity contribution in [3.05, 3.63) is 0 Å². The lowest BCUT2D eigenvalue weighted by Crippen LogP contribution is -2.45. The molecule has 2 aliphatic rings. The predicted molar refractivity (Wildman–Crippen MR) is 76.1 cm³/mol. The van der Waals surface area contributed by atoms with Gasteiger partial charge in [-0.1, -0.05) is 32.1 Å². The van der Waals surface area contributed by atoms with Crippen LogP contribution in [0.1, 0.15) is 52.9 Å². The third-order valence-electron chi connectivity index (χ3n) is 4.22. The molecule has 1 aliphatic heterocycles. The normalized spacial score (nSPS) is 29.2. The maximum atomic E-state index is 11.9. The van der Waals surface area contributed by atoms with Crippen LogP contribution in [0.3, 0.4) is 0 Å². The molecule has 19 heavy (non-hydrogen) atoms. The Morgan fingerprint density at radius 2 is 1.84 bits per heavy atom. The number of ether oxygens (including phenoxy) is 1. The van der Waals surface area contributed by atoms with Gasteiger partial charge in [0.25, 0.3) is 0 Å². The lowest BCUT2D eigenvalue weighted by molar-refractivity contribution is 0.0484. The minimum absolute atomic E-state index is 0.234. The van der Waals surface area contributed by atoms with E-state index in [1.54, 1.807) is 0 Å². The SMILES string of the molecule is CC(C)(C)OC(=O)N[C@@H]1CNC[C@@H]1C1CCCCC1. The summed E-state index contributed by atoms with van der Waals surface area (Å²) in [6.45, 7) is 7.61. The Hall–Kier alpha value is -0.770. The Balaban J connectivity index is 1.86. The molecule has 2 N–H and O–H groups in total. The first kappa shape index (κ1) is 14.6. The number of alkyl carbamates (subject to hydrolysis) is 1. The molecule has 0 aromatic rings. The van der Waals surface area contributed by atoms with E-state index >= 15 is 0 Å². The molecule has 0 bridgehead atoms. The van der Waals surface area contributed by atoms with Crippen molar-refractivity contribution < 1.29 is 9.53 Å². The summed E-state index contributed by atoms with van der Waals surface area (Å²) in [6.07, 6.45) is 6.43. The predicted octanol–water partition coefficient (Wildman–Crippen LogP) is 2.68. The minimum atomic E-state index is -0.420. The van der Waals surface area contributed by atoms with E-state index in [9.17, 15) is 4.79 Å². The molecule has 0 aromatic heterocycles. The molecule has 2 atom stereocenters. The summed E-state index contributed by atoms with van der Waals surface area (Å²) in [5, 5.41) is 6.48. The maximum Gasteiger partial charge on any atom is 0.407 e. The minimum Gasteiger partial charge on any atom is -0.444 e. The largest absolute Gasteiger partial charge is 0.444 e. The summed E-state index contributed by atoms with van der Waals surface area (Å²) in [4.78, 5) is 11.9. The van der Waals surface area contributed by atoms with Crippen molar-refractivity contribution in [2.24, 2.45) is 11.8 Å². The number of rotatable bonds is 2. The van der Waals surface area contributed by atoms with Crippen molar-refractivity contribution in [1.29, 1.82) is 0 Å². The van der Waals surface area contributed by atoms with Gasteiger partial charge in [0, 0.05) is 19.1 Å². The van der Waals surface area contributed by atoms with Gasteiger partial charge >= 0.3 is 6.09 Å². The monoisotopic (exact) mass is 268 g/mol. The Morgan fingerprint density at radius 3 is 2.47 bits per heavy atom. The van der Waals surface area contributed by atoms with E-state index in [1.807, 2.05) is 20.8 Å². The van der Waals surface area contributed by atoms with Gasteiger partial charge < -0.3 is 15.4 Å². The zero-order valence-electron chi connectivity index (χ0n) is 12.5. The quantitative estimate of drug-likeness (QED) is 0.809. The summed E-state index contributed by atoms with van der Waals surface area (Å²) in [5.74, 6) is 1.34. The van der Waals surface area contributed by atoms with Gasteiger partial charge in [0.05, 0.1) is 0 Å². The van der Waals surface area contributed by atoms with Gasteiger partial charge in [-0.15, -0.1) is 0 Å². The molecular weight excluding hydrogens is 240 g/mol. The van der Waals surface area contributed by atoms with Crippen LogP contribution in [0, 0.1) is 11.8 Å². The van der Waals surface area contributed by atoms with Gasteiger partial charge in [0.2, 0.25) is 0 Å². The highest BCUT2D eigenvalue weighted by atomic mass is 16.6. The van der Waals surface area contributed by atoms with Crippen LogP contribution < -0.4 is 10.6 Å². The zero-order valence-corrected chi connectivity index (χ0v) is 12.5. The second-order valence-electron chi connectivity index (χ2n) is 6.97. The van der Waals surface area contributed by atoms with Gasteiger partial charge in [0.15, 0.2) is 0 Å². The summed E-state index contributed by atoms with van der Waals surface area (Å²) >= 11 is 0. The lowest BCUT2D eigenvalue weighted by Gasteiger charge is -2.31. The third kappa shape index (κ3) is 4.37. The van der Waals surface area contributed by atoms with Crippen molar-refractivity contribution in [3.63, 3.8) is 0 Å². The van der Waals surface area contributed by atoms with Gasteiger partial charge in [-0.3, -0.25) is 0 Å². The standard InChI is InChI=1S/C15H28N2O2/c1-15(2,3)19-14(18)17-13-10-16-9-12(13)11-7-5-4-6-8-11/h11-13,16H,4-10H2,1-3H3,(H,17,18)/t12-,13-/m1/s1. The number of hydrogen-bond acceptors (Lipinski definition) is 3. The Labute approximate surface area is 116 Å². The van der Waals surface area contributed by atoms with E-state index in [1.165, 1.54) is 32.1 Å². The Kier molecular flexibility index (Phi) is 4.71. The number of amides is 1. The second-order valence-corrected chi connectivity index (χ2v) is 6.97. The highest BCUT2D eigenvalue weighted by Crippen LogP contribution is 2.33. The Morgan fingerprint density at radius 1 is 1.16 bits per heavy atom. The third-order valence-corrected chi connectivity index (χ3v) is 4.22. The van der Waals surface area contributed by atoms with Crippen LogP contribution in [0.2, 0.25) is 0 Å². The van der Waals surface area contributed by atoms with Crippen molar-refractivity contribution >= 4 is 6.09 Å². The topological polar surface area (TPSA) is 50.4 Å². The van der Waals surface area contributed by atoms with Crippen molar-refractivity contribution in [2.45, 2.75) is 64.5 Å². The van der Waals surface area contributed by atoms with E-state index in [-0.39, 0.29) is 12.1 Å². The van der Waals surface area contributed by atoms with E-state index < -0.39 is 5.60 Å². The van der Waals surface area contributed by atoms with Crippen LogP contribution in [-0.4, -0.2) is 30.8 Å². The molecule has 4 heteroatoms. The van der Waals surface area contributed by atoms with Crippen LogP contribution in [-0.2, 0) is 4.74 Å². The number of carbonyl (C=O) groups is 1. The second kappa shape index (κ2) is 6.12. The molecule has 1 aliphatic carbocycles. The molecule has 0 radical (unpaired) electrons. The molecule has 2 fully saturated rings. The van der Waals surface area contributed by atoms with E-state index in [4.69, 9.17) is 4.74 Å². The first-order valence-electron chi connectivity index (χ1n) is 7.66. The van der Waals surface area contributed by atoms with Gasteiger partial charge in [-0.05, 0) is 32.6 Å². The summed E-state index contributed by atoms with van der Waals surface area (Å²) in [5.41, 5.74) is -0.420. The summed E-state index contributed by atoms with van der Waals surface area (Å²) < 4.78 is 5.36. The molecule has 0 unspecified atom stereocenters. The smallest absolute Gasteiger partial charge is 0.407 e. The molecule has 1 saturated carbocycles. The van der Waals surface area contributed by atoms with Crippen molar-refractivity contribution in [2.75, 3.05) is 13.1 Å². The molecule has 1 saturated heterocycles. The molecular formula is C15H28N2O2. The fourth-order valence-corrected chi connectivity index (χ4v) is 3.37. The summed E-state index contributed by atoms with van der Waals surface area (Å²) in [6, 6.07) is 0.234. The number of carbonyl (C=O) groups excluding carboxylic acids is 1. The van der Waals surface area contributed by atoms with Crippen LogP contribution in [0.25, 0.3) is 0 Å². The molecule has 0 aromatic carbocycles.